The lowest BCUT2D eigenvalue weighted by molar-refractivity contribution is 0.0142. The summed E-state index contributed by atoms with van der Waals surface area (Å²) in [5, 5.41) is 0. The van der Waals surface area contributed by atoms with Gasteiger partial charge in [-0.15, -0.1) is 0 Å². The maximum absolute atomic E-state index is 13.5. The van der Waals surface area contributed by atoms with Crippen LogP contribution in [0, 0.1) is 0 Å². The average Bonchev–Trinajstić information content (AvgIpc) is 3.63. The summed E-state index contributed by atoms with van der Waals surface area (Å²) in [4.78, 5) is 29.7. The van der Waals surface area contributed by atoms with Crippen molar-refractivity contribution in [1.29, 1.82) is 0 Å². The molecule has 2 aliphatic rings. The summed E-state index contributed by atoms with van der Waals surface area (Å²) in [6.07, 6.45) is 4.35. The van der Waals surface area contributed by atoms with Gasteiger partial charge in [0, 0.05) is 36.4 Å². The molecule has 9 heteroatoms. The van der Waals surface area contributed by atoms with E-state index in [-0.39, 0.29) is 24.1 Å². The van der Waals surface area contributed by atoms with Gasteiger partial charge in [-0.05, 0) is 81.8 Å². The summed E-state index contributed by atoms with van der Waals surface area (Å²) in [5.41, 5.74) is 2.51. The van der Waals surface area contributed by atoms with E-state index in [0.29, 0.717) is 24.3 Å². The third kappa shape index (κ3) is 6.78. The Kier molecular flexibility index (Phi) is 7.31. The van der Waals surface area contributed by atoms with Crippen molar-refractivity contribution in [2.45, 2.75) is 64.1 Å². The molecule has 2 amide bonds. The number of nitrogens with one attached hydrogen (secondary N) is 1. The lowest BCUT2D eigenvalue weighted by atomic mass is 10.00. The molecule has 1 heterocycles. The summed E-state index contributed by atoms with van der Waals surface area (Å²) < 4.78 is 30.8. The molecule has 0 aromatic heterocycles. The van der Waals surface area contributed by atoms with Gasteiger partial charge in [0.15, 0.2) is 0 Å². The van der Waals surface area contributed by atoms with Crippen LogP contribution in [0.15, 0.2) is 48.5 Å². The minimum Gasteiger partial charge on any atom is -0.444 e. The first-order valence-electron chi connectivity index (χ1n) is 12.4. The van der Waals surface area contributed by atoms with Crippen molar-refractivity contribution in [3.63, 3.8) is 0 Å². The summed E-state index contributed by atoms with van der Waals surface area (Å²) >= 11 is 0. The van der Waals surface area contributed by atoms with E-state index in [1.54, 1.807) is 17.0 Å². The lowest BCUT2D eigenvalue weighted by Crippen LogP contribution is -2.50. The molecule has 1 N–H and O–H groups in total. The number of carbonyl (C=O) groups is 2. The van der Waals surface area contributed by atoms with Gasteiger partial charge in [-0.3, -0.25) is 9.52 Å². The Labute approximate surface area is 213 Å². The van der Waals surface area contributed by atoms with Crippen LogP contribution in [0.1, 0.15) is 56.8 Å². The predicted octanol–water partition coefficient (Wildman–Crippen LogP) is 4.73. The minimum atomic E-state index is -3.32. The average molecular weight is 514 g/mol. The van der Waals surface area contributed by atoms with Gasteiger partial charge >= 0.3 is 6.09 Å². The molecular weight excluding hydrogens is 478 g/mol. The van der Waals surface area contributed by atoms with E-state index in [4.69, 9.17) is 4.74 Å². The van der Waals surface area contributed by atoms with Gasteiger partial charge in [-0.2, -0.15) is 0 Å². The lowest BCUT2D eigenvalue weighted by Gasteiger charge is -2.39. The zero-order chi connectivity index (χ0) is 26.1. The Bertz CT molecular complexity index is 1190. The molecule has 0 spiro atoms. The number of piperidine rings is 1. The standard InChI is InChI=1S/C27H35N3O5S/c1-27(2,3)35-26(32)29-17-15-24(16-18-29)30(23-13-14-23)25(31)21-7-5-19(6-8-21)20-9-11-22(12-10-20)28-36(4,33)34/h5-12,23-24,28H,13-18H2,1-4H3. The Morgan fingerprint density at radius 2 is 1.39 bits per heavy atom. The van der Waals surface area contributed by atoms with E-state index in [2.05, 4.69) is 4.72 Å². The molecule has 1 aliphatic heterocycles. The van der Waals surface area contributed by atoms with Gasteiger partial charge in [0.05, 0.1) is 6.26 Å². The summed E-state index contributed by atoms with van der Waals surface area (Å²) in [6, 6.07) is 15.0. The number of hydrogen-bond acceptors (Lipinski definition) is 5. The molecule has 4 rings (SSSR count). The van der Waals surface area contributed by atoms with Gasteiger partial charge in [-0.25, -0.2) is 13.2 Å². The number of amides is 2. The van der Waals surface area contributed by atoms with Crippen LogP contribution in [0.3, 0.4) is 0 Å². The zero-order valence-corrected chi connectivity index (χ0v) is 22.2. The second kappa shape index (κ2) is 10.1. The Morgan fingerprint density at radius 3 is 1.86 bits per heavy atom. The van der Waals surface area contributed by atoms with Gasteiger partial charge in [-0.1, -0.05) is 24.3 Å². The number of anilines is 1. The fourth-order valence-electron chi connectivity index (χ4n) is 4.53. The van der Waals surface area contributed by atoms with Crippen molar-refractivity contribution in [2.24, 2.45) is 0 Å². The summed E-state index contributed by atoms with van der Waals surface area (Å²) in [6.45, 7) is 6.75. The quantitative estimate of drug-likeness (QED) is 0.603. The van der Waals surface area contributed by atoms with Crippen LogP contribution < -0.4 is 4.72 Å². The Balaban J connectivity index is 1.40. The van der Waals surface area contributed by atoms with Gasteiger partial charge in [0.1, 0.15) is 5.60 Å². The van der Waals surface area contributed by atoms with E-state index < -0.39 is 15.6 Å². The Morgan fingerprint density at radius 1 is 0.889 bits per heavy atom. The second-order valence-corrected chi connectivity index (χ2v) is 12.4. The highest BCUT2D eigenvalue weighted by Crippen LogP contribution is 2.34. The first-order chi connectivity index (χ1) is 16.9. The van der Waals surface area contributed by atoms with Crippen molar-refractivity contribution in [2.75, 3.05) is 24.1 Å². The molecule has 1 saturated carbocycles. The molecule has 1 aliphatic carbocycles. The molecule has 2 aromatic carbocycles. The molecule has 0 unspecified atom stereocenters. The second-order valence-electron chi connectivity index (χ2n) is 10.7. The number of rotatable bonds is 6. The number of sulfonamides is 1. The van der Waals surface area contributed by atoms with Crippen LogP contribution in [0.5, 0.6) is 0 Å². The highest BCUT2D eigenvalue weighted by atomic mass is 32.2. The maximum Gasteiger partial charge on any atom is 0.410 e. The van der Waals surface area contributed by atoms with Crippen LogP contribution in [0.25, 0.3) is 11.1 Å². The van der Waals surface area contributed by atoms with Crippen molar-refractivity contribution >= 4 is 27.7 Å². The molecule has 194 valence electrons. The van der Waals surface area contributed by atoms with Gasteiger partial charge in [0.25, 0.3) is 5.91 Å². The van der Waals surface area contributed by atoms with Crippen LogP contribution in [0.2, 0.25) is 0 Å². The largest absolute Gasteiger partial charge is 0.444 e. The minimum absolute atomic E-state index is 0.0347. The molecule has 36 heavy (non-hydrogen) atoms. The number of hydrogen-bond donors (Lipinski definition) is 1. The fourth-order valence-corrected chi connectivity index (χ4v) is 5.10. The highest BCUT2D eigenvalue weighted by molar-refractivity contribution is 7.92. The maximum atomic E-state index is 13.5. The SMILES string of the molecule is CC(C)(C)OC(=O)N1CCC(N(C(=O)c2ccc(-c3ccc(NS(C)(=O)=O)cc3)cc2)C2CC2)CC1. The van der Waals surface area contributed by atoms with Crippen LogP contribution in [0.4, 0.5) is 10.5 Å². The highest BCUT2D eigenvalue weighted by Gasteiger charge is 2.39. The Hall–Kier alpha value is -3.07. The molecule has 2 fully saturated rings. The van der Waals surface area contributed by atoms with Crippen molar-refractivity contribution < 1.29 is 22.7 Å². The summed E-state index contributed by atoms with van der Waals surface area (Å²) in [7, 11) is -3.32. The van der Waals surface area contributed by atoms with E-state index in [1.807, 2.05) is 62.1 Å². The van der Waals surface area contributed by atoms with Crippen LogP contribution in [-0.4, -0.2) is 67.2 Å². The van der Waals surface area contributed by atoms with E-state index in [1.165, 1.54) is 0 Å². The van der Waals surface area contributed by atoms with Crippen LogP contribution >= 0.6 is 0 Å². The normalized spacial score (nSPS) is 16.9. The topological polar surface area (TPSA) is 96.0 Å². The number of likely N-dealkylation sites (tertiary alicyclic amines) is 1. The van der Waals surface area contributed by atoms with E-state index in [0.717, 1.165) is 43.1 Å². The number of carbonyl (C=O) groups excluding carboxylic acids is 2. The van der Waals surface area contributed by atoms with E-state index in [9.17, 15) is 18.0 Å². The van der Waals surface area contributed by atoms with Crippen molar-refractivity contribution in [3.05, 3.63) is 54.1 Å². The first kappa shape index (κ1) is 26.0. The molecule has 0 radical (unpaired) electrons. The molecule has 2 aromatic rings. The van der Waals surface area contributed by atoms with Crippen molar-refractivity contribution in [1.82, 2.24) is 9.80 Å². The van der Waals surface area contributed by atoms with Gasteiger partial charge in [0.2, 0.25) is 10.0 Å². The number of nitrogens with zero attached hydrogens (tertiary/aromatic N) is 2. The van der Waals surface area contributed by atoms with Gasteiger partial charge < -0.3 is 14.5 Å². The van der Waals surface area contributed by atoms with E-state index >= 15 is 0 Å². The molecular formula is C27H35N3O5S. The van der Waals surface area contributed by atoms with Crippen LogP contribution in [-0.2, 0) is 14.8 Å². The zero-order valence-electron chi connectivity index (χ0n) is 21.4. The molecule has 8 nitrogen and oxygen atoms in total. The molecule has 0 atom stereocenters. The number of benzene rings is 2. The molecule has 1 saturated heterocycles. The third-order valence-electron chi connectivity index (χ3n) is 6.34. The summed E-state index contributed by atoms with van der Waals surface area (Å²) in [5.74, 6) is 0.0347. The molecule has 0 bridgehead atoms. The fraction of sp³-hybridized carbons (Fsp3) is 0.481. The number of ether oxygens (including phenoxy) is 1. The predicted molar refractivity (Wildman–Crippen MR) is 140 cm³/mol. The first-order valence-corrected chi connectivity index (χ1v) is 14.3. The monoisotopic (exact) mass is 513 g/mol. The van der Waals surface area contributed by atoms with Crippen molar-refractivity contribution in [3.8, 4) is 11.1 Å². The smallest absolute Gasteiger partial charge is 0.410 e. The third-order valence-corrected chi connectivity index (χ3v) is 6.94.